The minimum absolute atomic E-state index is 0.127. The quantitative estimate of drug-likeness (QED) is 0.844. The number of nitrogens with zero attached hydrogens (tertiary/aromatic N) is 1. The first-order chi connectivity index (χ1) is 9.08. The number of carbonyl (C=O) groups excluding carboxylic acids is 1. The molecule has 0 bridgehead atoms. The van der Waals surface area contributed by atoms with Gasteiger partial charge in [0.15, 0.2) is 0 Å². The molecule has 1 aliphatic rings. The molecule has 1 aromatic rings. The van der Waals surface area contributed by atoms with Gasteiger partial charge in [-0.05, 0) is 12.5 Å². The first kappa shape index (κ1) is 13.5. The number of nitrogens with one attached hydrogen (secondary N) is 1. The molecule has 0 aliphatic carbocycles. The van der Waals surface area contributed by atoms with Gasteiger partial charge in [0, 0.05) is 19.1 Å². The molecule has 2 atom stereocenters. The molecule has 0 saturated carbocycles. The van der Waals surface area contributed by atoms with E-state index in [4.69, 9.17) is 5.11 Å². The molecule has 1 aromatic carbocycles. The zero-order valence-electron chi connectivity index (χ0n) is 10.9. The van der Waals surface area contributed by atoms with E-state index in [9.17, 15) is 9.59 Å². The third kappa shape index (κ3) is 3.32. The van der Waals surface area contributed by atoms with Gasteiger partial charge in [-0.2, -0.15) is 0 Å². The Morgan fingerprint density at radius 2 is 2.11 bits per heavy atom. The van der Waals surface area contributed by atoms with Crippen LogP contribution in [0.25, 0.3) is 0 Å². The Kier molecular flexibility index (Phi) is 4.16. The van der Waals surface area contributed by atoms with Crippen LogP contribution in [0, 0.1) is 0 Å². The maximum absolute atomic E-state index is 11.9. The van der Waals surface area contributed by atoms with E-state index in [1.54, 1.807) is 0 Å². The molecule has 2 rings (SSSR count). The third-order valence-corrected chi connectivity index (χ3v) is 3.42. The number of hydrogen-bond acceptors (Lipinski definition) is 3. The van der Waals surface area contributed by atoms with Gasteiger partial charge in [0.05, 0.1) is 6.42 Å². The third-order valence-electron chi connectivity index (χ3n) is 3.42. The van der Waals surface area contributed by atoms with E-state index in [1.165, 1.54) is 0 Å². The van der Waals surface area contributed by atoms with Crippen LogP contribution in [-0.2, 0) is 16.1 Å². The van der Waals surface area contributed by atoms with Crippen molar-refractivity contribution in [2.24, 2.45) is 0 Å². The summed E-state index contributed by atoms with van der Waals surface area (Å²) in [5.41, 5.74) is 1.08. The minimum atomic E-state index is -0.952. The number of benzene rings is 1. The second-order valence-corrected chi connectivity index (χ2v) is 4.87. The number of rotatable bonds is 4. The second-order valence-electron chi connectivity index (χ2n) is 4.87. The Labute approximate surface area is 112 Å². The van der Waals surface area contributed by atoms with Crippen LogP contribution in [0.2, 0.25) is 0 Å². The summed E-state index contributed by atoms with van der Waals surface area (Å²) < 4.78 is 0. The van der Waals surface area contributed by atoms with Gasteiger partial charge in [-0.1, -0.05) is 30.3 Å². The highest BCUT2D eigenvalue weighted by Crippen LogP contribution is 2.18. The van der Waals surface area contributed by atoms with Crippen LogP contribution in [-0.4, -0.2) is 40.5 Å². The molecule has 102 valence electrons. The average molecular weight is 262 g/mol. The number of amides is 1. The molecular formula is C14H18N2O3. The van der Waals surface area contributed by atoms with Crippen molar-refractivity contribution in [3.8, 4) is 0 Å². The molecule has 0 spiro atoms. The molecule has 2 unspecified atom stereocenters. The van der Waals surface area contributed by atoms with Gasteiger partial charge in [-0.3, -0.25) is 14.5 Å². The number of carbonyl (C=O) groups is 2. The Morgan fingerprint density at radius 1 is 1.42 bits per heavy atom. The van der Waals surface area contributed by atoms with Crippen molar-refractivity contribution in [2.45, 2.75) is 32.0 Å². The standard InChI is InChI=1S/C14H18N2O3/c1-10-8-15-14(19)12(7-13(17)18)16(10)9-11-5-3-2-4-6-11/h2-6,10,12H,7-9H2,1H3,(H,15,19)(H,17,18). The Morgan fingerprint density at radius 3 is 2.74 bits per heavy atom. The van der Waals surface area contributed by atoms with Crippen LogP contribution in [0.15, 0.2) is 30.3 Å². The maximum atomic E-state index is 11.9. The largest absolute Gasteiger partial charge is 0.481 e. The van der Waals surface area contributed by atoms with Gasteiger partial charge in [0.1, 0.15) is 6.04 Å². The fourth-order valence-electron chi connectivity index (χ4n) is 2.38. The summed E-state index contributed by atoms with van der Waals surface area (Å²) in [5.74, 6) is -1.15. The van der Waals surface area contributed by atoms with Crippen LogP contribution in [0.4, 0.5) is 0 Å². The molecule has 1 fully saturated rings. The number of carboxylic acids is 1. The SMILES string of the molecule is CC1CNC(=O)C(CC(=O)O)N1Cc1ccccc1. The van der Waals surface area contributed by atoms with E-state index in [1.807, 2.05) is 42.2 Å². The van der Waals surface area contributed by atoms with Gasteiger partial charge in [0.2, 0.25) is 5.91 Å². The lowest BCUT2D eigenvalue weighted by Crippen LogP contribution is -2.59. The van der Waals surface area contributed by atoms with Gasteiger partial charge in [-0.25, -0.2) is 0 Å². The first-order valence-corrected chi connectivity index (χ1v) is 6.37. The van der Waals surface area contributed by atoms with Gasteiger partial charge in [0.25, 0.3) is 0 Å². The molecule has 19 heavy (non-hydrogen) atoms. The van der Waals surface area contributed by atoms with Crippen molar-refractivity contribution < 1.29 is 14.7 Å². The predicted molar refractivity (Wildman–Crippen MR) is 70.5 cm³/mol. The van der Waals surface area contributed by atoms with Crippen LogP contribution in [0.1, 0.15) is 18.9 Å². The summed E-state index contributed by atoms with van der Waals surface area (Å²) in [6.45, 7) is 3.15. The summed E-state index contributed by atoms with van der Waals surface area (Å²) in [5, 5.41) is 11.7. The summed E-state index contributed by atoms with van der Waals surface area (Å²) >= 11 is 0. The second kappa shape index (κ2) is 5.84. The predicted octanol–water partition coefficient (Wildman–Crippen LogP) is 0.850. The Balaban J connectivity index is 2.16. The van der Waals surface area contributed by atoms with Crippen molar-refractivity contribution in [3.05, 3.63) is 35.9 Å². The number of hydrogen-bond donors (Lipinski definition) is 2. The Hall–Kier alpha value is -1.88. The minimum Gasteiger partial charge on any atom is -0.481 e. The zero-order valence-corrected chi connectivity index (χ0v) is 10.9. The molecule has 1 amide bonds. The van der Waals surface area contributed by atoms with Crippen LogP contribution < -0.4 is 5.32 Å². The van der Waals surface area contributed by atoms with Crippen molar-refractivity contribution in [3.63, 3.8) is 0 Å². The van der Waals surface area contributed by atoms with Crippen molar-refractivity contribution in [1.82, 2.24) is 10.2 Å². The highest BCUT2D eigenvalue weighted by Gasteiger charge is 2.35. The molecule has 1 saturated heterocycles. The van der Waals surface area contributed by atoms with Crippen molar-refractivity contribution in [1.29, 1.82) is 0 Å². The highest BCUT2D eigenvalue weighted by molar-refractivity contribution is 5.86. The summed E-state index contributed by atoms with van der Waals surface area (Å²) in [6.07, 6.45) is -0.164. The Bertz CT molecular complexity index is 461. The lowest BCUT2D eigenvalue weighted by atomic mass is 10.0. The number of aliphatic carboxylic acids is 1. The first-order valence-electron chi connectivity index (χ1n) is 6.37. The van der Waals surface area contributed by atoms with Crippen LogP contribution in [0.5, 0.6) is 0 Å². The topological polar surface area (TPSA) is 69.6 Å². The smallest absolute Gasteiger partial charge is 0.305 e. The van der Waals surface area contributed by atoms with Gasteiger partial charge < -0.3 is 10.4 Å². The summed E-state index contributed by atoms with van der Waals surface area (Å²) in [4.78, 5) is 24.7. The van der Waals surface area contributed by atoms with E-state index in [-0.39, 0.29) is 18.4 Å². The van der Waals surface area contributed by atoms with Gasteiger partial charge in [-0.15, -0.1) is 0 Å². The maximum Gasteiger partial charge on any atom is 0.305 e. The molecule has 0 radical (unpaired) electrons. The molecular weight excluding hydrogens is 244 g/mol. The molecule has 2 N–H and O–H groups in total. The normalized spacial score (nSPS) is 23.9. The monoisotopic (exact) mass is 262 g/mol. The van der Waals surface area contributed by atoms with Crippen LogP contribution >= 0.6 is 0 Å². The van der Waals surface area contributed by atoms with Crippen molar-refractivity contribution in [2.75, 3.05) is 6.54 Å². The van der Waals surface area contributed by atoms with E-state index in [0.717, 1.165) is 5.56 Å². The summed E-state index contributed by atoms with van der Waals surface area (Å²) in [6, 6.07) is 9.31. The van der Waals surface area contributed by atoms with Gasteiger partial charge >= 0.3 is 5.97 Å². The highest BCUT2D eigenvalue weighted by atomic mass is 16.4. The lowest BCUT2D eigenvalue weighted by molar-refractivity contribution is -0.144. The van der Waals surface area contributed by atoms with E-state index >= 15 is 0 Å². The number of carboxylic acid groups (broad SMARTS) is 1. The molecule has 5 nitrogen and oxygen atoms in total. The van der Waals surface area contributed by atoms with E-state index < -0.39 is 12.0 Å². The fourth-order valence-corrected chi connectivity index (χ4v) is 2.38. The van der Waals surface area contributed by atoms with Crippen molar-refractivity contribution >= 4 is 11.9 Å². The fraction of sp³-hybridized carbons (Fsp3) is 0.429. The molecule has 5 heteroatoms. The van der Waals surface area contributed by atoms with E-state index in [0.29, 0.717) is 13.1 Å². The molecule has 0 aromatic heterocycles. The van der Waals surface area contributed by atoms with Crippen LogP contribution in [0.3, 0.4) is 0 Å². The number of piperazine rings is 1. The molecule has 1 heterocycles. The van der Waals surface area contributed by atoms with E-state index in [2.05, 4.69) is 5.32 Å². The average Bonchev–Trinajstić information content (AvgIpc) is 2.39. The lowest BCUT2D eigenvalue weighted by Gasteiger charge is -2.39. The zero-order chi connectivity index (χ0) is 13.8. The summed E-state index contributed by atoms with van der Waals surface area (Å²) in [7, 11) is 0. The molecule has 1 aliphatic heterocycles.